The molecule has 9 nitrogen and oxygen atoms in total. The van der Waals surface area contributed by atoms with Crippen molar-refractivity contribution in [3.05, 3.63) is 47.0 Å². The number of anilines is 4. The van der Waals surface area contributed by atoms with E-state index in [1.54, 1.807) is 0 Å². The number of nitrogens with zero attached hydrogens (tertiary/aromatic N) is 5. The number of likely N-dealkylation sites (N-methyl/N-ethyl adjacent to an activating group) is 2. The van der Waals surface area contributed by atoms with E-state index >= 15 is 0 Å². The average molecular weight is 424 g/mol. The summed E-state index contributed by atoms with van der Waals surface area (Å²) >= 11 is 0. The van der Waals surface area contributed by atoms with Crippen LogP contribution in [0, 0.1) is 0 Å². The number of nitrogens with one attached hydrogen (secondary N) is 2. The number of pyridine rings is 1. The number of rotatable bonds is 7. The van der Waals surface area contributed by atoms with Gasteiger partial charge in [0.15, 0.2) is 0 Å². The van der Waals surface area contributed by atoms with E-state index in [2.05, 4.69) is 42.1 Å². The van der Waals surface area contributed by atoms with Crippen LogP contribution in [-0.2, 0) is 4.74 Å². The molecule has 0 atom stereocenters. The number of benzene rings is 1. The van der Waals surface area contributed by atoms with Crippen LogP contribution < -0.4 is 20.7 Å². The lowest BCUT2D eigenvalue weighted by Gasteiger charge is -2.29. The van der Waals surface area contributed by atoms with Gasteiger partial charge in [0.2, 0.25) is 0 Å². The fourth-order valence-corrected chi connectivity index (χ4v) is 3.54. The highest BCUT2D eigenvalue weighted by Crippen LogP contribution is 2.26. The first-order valence-corrected chi connectivity index (χ1v) is 10.5. The van der Waals surface area contributed by atoms with Gasteiger partial charge in [0, 0.05) is 50.7 Å². The van der Waals surface area contributed by atoms with Crippen molar-refractivity contribution in [2.45, 2.75) is 0 Å². The number of hydrogen-bond acceptors (Lipinski definition) is 8. The summed E-state index contributed by atoms with van der Waals surface area (Å²) in [5, 5.41) is 3.78. The van der Waals surface area contributed by atoms with Gasteiger partial charge in [-0.05, 0) is 38.4 Å². The fraction of sp³-hybridized carbons (Fsp3) is 0.409. The van der Waals surface area contributed by atoms with Gasteiger partial charge in [-0.2, -0.15) is 0 Å². The third kappa shape index (κ3) is 4.95. The molecule has 4 rings (SSSR count). The lowest BCUT2D eigenvalue weighted by molar-refractivity contribution is 0.122. The van der Waals surface area contributed by atoms with E-state index in [9.17, 15) is 4.79 Å². The number of hydrogen-bond donors (Lipinski definition) is 2. The van der Waals surface area contributed by atoms with Gasteiger partial charge in [-0.15, -0.1) is 0 Å². The van der Waals surface area contributed by atoms with Gasteiger partial charge in [-0.3, -0.25) is 4.79 Å². The SMILES string of the molecule is CN(C)CCN(C)c1cc2nc[nH]c(=O)c2c(Nc2ccc(N3CCOCC3)cc2)n1. The number of aromatic amines is 1. The van der Waals surface area contributed by atoms with Crippen LogP contribution in [0.5, 0.6) is 0 Å². The highest BCUT2D eigenvalue weighted by molar-refractivity contribution is 5.92. The first kappa shape index (κ1) is 21.1. The molecule has 31 heavy (non-hydrogen) atoms. The summed E-state index contributed by atoms with van der Waals surface area (Å²) in [6, 6.07) is 10.0. The molecule has 3 heterocycles. The van der Waals surface area contributed by atoms with E-state index in [0.717, 1.165) is 56.6 Å². The number of H-pyrrole nitrogens is 1. The summed E-state index contributed by atoms with van der Waals surface area (Å²) in [5.41, 5.74) is 2.41. The lowest BCUT2D eigenvalue weighted by atomic mass is 10.2. The minimum absolute atomic E-state index is 0.215. The highest BCUT2D eigenvalue weighted by Gasteiger charge is 2.15. The predicted octanol–water partition coefficient (Wildman–Crippen LogP) is 1.90. The molecule has 1 fully saturated rings. The molecule has 0 bridgehead atoms. The summed E-state index contributed by atoms with van der Waals surface area (Å²) in [4.78, 5) is 30.8. The predicted molar refractivity (Wildman–Crippen MR) is 125 cm³/mol. The van der Waals surface area contributed by atoms with Crippen LogP contribution in [0.15, 0.2) is 41.5 Å². The second-order valence-electron chi connectivity index (χ2n) is 7.95. The Morgan fingerprint density at radius 1 is 1.13 bits per heavy atom. The number of aromatic nitrogens is 3. The van der Waals surface area contributed by atoms with Gasteiger partial charge < -0.3 is 29.7 Å². The Kier molecular flexibility index (Phi) is 6.34. The zero-order valence-electron chi connectivity index (χ0n) is 18.3. The van der Waals surface area contributed by atoms with E-state index < -0.39 is 0 Å². The molecule has 0 saturated carbocycles. The van der Waals surface area contributed by atoms with Gasteiger partial charge in [-0.1, -0.05) is 0 Å². The smallest absolute Gasteiger partial charge is 0.262 e. The molecule has 1 saturated heterocycles. The quantitative estimate of drug-likeness (QED) is 0.596. The van der Waals surface area contributed by atoms with Crippen LogP contribution >= 0.6 is 0 Å². The summed E-state index contributed by atoms with van der Waals surface area (Å²) in [5.74, 6) is 1.26. The van der Waals surface area contributed by atoms with Gasteiger partial charge in [0.1, 0.15) is 17.0 Å². The van der Waals surface area contributed by atoms with E-state index in [-0.39, 0.29) is 5.56 Å². The monoisotopic (exact) mass is 423 g/mol. The third-order valence-corrected chi connectivity index (χ3v) is 5.39. The molecule has 0 radical (unpaired) electrons. The molecule has 0 spiro atoms. The Morgan fingerprint density at radius 2 is 1.87 bits per heavy atom. The third-order valence-electron chi connectivity index (χ3n) is 5.39. The topological polar surface area (TPSA) is 89.6 Å². The largest absolute Gasteiger partial charge is 0.378 e. The summed E-state index contributed by atoms with van der Waals surface area (Å²) in [6.07, 6.45) is 1.43. The van der Waals surface area contributed by atoms with Crippen molar-refractivity contribution in [1.82, 2.24) is 19.9 Å². The Morgan fingerprint density at radius 3 is 2.58 bits per heavy atom. The lowest BCUT2D eigenvalue weighted by Crippen LogP contribution is -2.36. The maximum Gasteiger partial charge on any atom is 0.262 e. The van der Waals surface area contributed by atoms with Crippen molar-refractivity contribution in [2.24, 2.45) is 0 Å². The maximum absolute atomic E-state index is 12.5. The minimum atomic E-state index is -0.215. The normalized spacial score (nSPS) is 14.3. The second kappa shape index (κ2) is 9.32. The summed E-state index contributed by atoms with van der Waals surface area (Å²) < 4.78 is 5.43. The van der Waals surface area contributed by atoms with Crippen molar-refractivity contribution < 1.29 is 4.74 Å². The zero-order chi connectivity index (χ0) is 21.8. The molecule has 1 aliphatic rings. The zero-order valence-corrected chi connectivity index (χ0v) is 18.3. The molecule has 1 aliphatic heterocycles. The summed E-state index contributed by atoms with van der Waals surface area (Å²) in [6.45, 7) is 4.98. The standard InChI is InChI=1S/C22H29N7O2/c1-27(2)8-9-28(3)19-14-18-20(22(30)24-15-23-18)21(26-19)25-16-4-6-17(7-5-16)29-10-12-31-13-11-29/h4-7,14-15H,8-13H2,1-3H3,(H,25,26)(H,23,24,30). The number of ether oxygens (including phenoxy) is 1. The van der Waals surface area contributed by atoms with Gasteiger partial charge in [0.05, 0.1) is 25.1 Å². The van der Waals surface area contributed by atoms with Crippen molar-refractivity contribution in [2.75, 3.05) is 75.7 Å². The molecule has 0 unspecified atom stereocenters. The van der Waals surface area contributed by atoms with Crippen LogP contribution in [0.3, 0.4) is 0 Å². The molecule has 0 aliphatic carbocycles. The van der Waals surface area contributed by atoms with Crippen LogP contribution in [0.4, 0.5) is 23.0 Å². The average Bonchev–Trinajstić information content (AvgIpc) is 2.78. The minimum Gasteiger partial charge on any atom is -0.378 e. The van der Waals surface area contributed by atoms with Crippen LogP contribution in [0.2, 0.25) is 0 Å². The van der Waals surface area contributed by atoms with Gasteiger partial charge >= 0.3 is 0 Å². The van der Waals surface area contributed by atoms with Crippen molar-refractivity contribution in [3.63, 3.8) is 0 Å². The molecular weight excluding hydrogens is 394 g/mol. The van der Waals surface area contributed by atoms with Crippen molar-refractivity contribution in [1.29, 1.82) is 0 Å². The molecule has 1 aromatic carbocycles. The maximum atomic E-state index is 12.5. The molecular formula is C22H29N7O2. The number of fused-ring (bicyclic) bond motifs is 1. The number of morpholine rings is 1. The van der Waals surface area contributed by atoms with Gasteiger partial charge in [-0.25, -0.2) is 9.97 Å². The first-order chi connectivity index (χ1) is 15.0. The van der Waals surface area contributed by atoms with Crippen molar-refractivity contribution >= 4 is 33.9 Å². The Bertz CT molecular complexity index is 1080. The molecule has 2 aromatic heterocycles. The second-order valence-corrected chi connectivity index (χ2v) is 7.95. The highest BCUT2D eigenvalue weighted by atomic mass is 16.5. The van der Waals surface area contributed by atoms with Crippen LogP contribution in [0.25, 0.3) is 10.9 Å². The van der Waals surface area contributed by atoms with E-state index in [1.165, 1.54) is 6.33 Å². The first-order valence-electron chi connectivity index (χ1n) is 10.5. The molecule has 3 aromatic rings. The van der Waals surface area contributed by atoms with E-state index in [0.29, 0.717) is 16.7 Å². The Hall–Kier alpha value is -3.17. The van der Waals surface area contributed by atoms with Crippen LogP contribution in [-0.4, -0.2) is 80.4 Å². The molecule has 164 valence electrons. The Balaban J connectivity index is 1.63. The molecule has 0 amide bonds. The summed E-state index contributed by atoms with van der Waals surface area (Å²) in [7, 11) is 6.07. The van der Waals surface area contributed by atoms with Crippen molar-refractivity contribution in [3.8, 4) is 0 Å². The van der Waals surface area contributed by atoms with Gasteiger partial charge in [0.25, 0.3) is 5.56 Å². The molecule has 2 N–H and O–H groups in total. The van der Waals surface area contributed by atoms with E-state index in [4.69, 9.17) is 9.72 Å². The fourth-order valence-electron chi connectivity index (χ4n) is 3.54. The Labute approximate surface area is 181 Å². The van der Waals surface area contributed by atoms with Crippen LogP contribution in [0.1, 0.15) is 0 Å². The van der Waals surface area contributed by atoms with E-state index in [1.807, 2.05) is 39.3 Å². The molecule has 9 heteroatoms.